The van der Waals surface area contributed by atoms with Crippen molar-refractivity contribution in [3.05, 3.63) is 41.5 Å². The molecule has 3 fully saturated rings. The Balaban J connectivity index is 1.21. The van der Waals surface area contributed by atoms with Crippen molar-refractivity contribution in [3.8, 4) is 22.3 Å². The molecule has 3 aliphatic rings. The van der Waals surface area contributed by atoms with Crippen molar-refractivity contribution in [3.63, 3.8) is 0 Å². The first kappa shape index (κ1) is 33.6. The molecule has 0 saturated heterocycles. The van der Waals surface area contributed by atoms with Gasteiger partial charge in [0.25, 0.3) is 0 Å². The van der Waals surface area contributed by atoms with Gasteiger partial charge in [-0.1, -0.05) is 31.4 Å². The van der Waals surface area contributed by atoms with E-state index in [4.69, 9.17) is 18.9 Å². The van der Waals surface area contributed by atoms with Gasteiger partial charge in [0.15, 0.2) is 22.3 Å². The third-order valence-electron chi connectivity index (χ3n) is 11.4. The standard InChI is InChI=1S/C40H45NO7S/c1-22-9-18-30(27-7-5-4-6-8-27)36-31(22)21-34(46-36)38-41-35-32(47-39(44)28-14-10-25(11-15-28)23(2)42)19-20-33(37(35)49-38)48-40(45)29-16-12-26(13-17-29)24(3)43/h9,18-21,25-29H,4-8,10-17H2,1-3H3. The normalized spacial score (nSPS) is 23.4. The summed E-state index contributed by atoms with van der Waals surface area (Å²) in [6.45, 7) is 5.33. The van der Waals surface area contributed by atoms with Gasteiger partial charge < -0.3 is 13.9 Å². The minimum atomic E-state index is -0.332. The predicted molar refractivity (Wildman–Crippen MR) is 189 cm³/mol. The highest BCUT2D eigenvalue weighted by Crippen LogP contribution is 2.45. The fraction of sp³-hybridized carbons (Fsp3) is 0.525. The Morgan fingerprint density at radius 2 is 1.27 bits per heavy atom. The van der Waals surface area contributed by atoms with Crippen LogP contribution in [0.15, 0.2) is 34.7 Å². The van der Waals surface area contributed by atoms with Gasteiger partial charge in [0, 0.05) is 17.2 Å². The van der Waals surface area contributed by atoms with E-state index in [0.29, 0.717) is 89.8 Å². The molecule has 2 heterocycles. The number of rotatable bonds is 8. The zero-order valence-electron chi connectivity index (χ0n) is 28.7. The molecule has 2 aromatic heterocycles. The second-order valence-corrected chi connectivity index (χ2v) is 15.6. The molecule has 0 radical (unpaired) electrons. The maximum atomic E-state index is 13.4. The number of benzene rings is 2. The van der Waals surface area contributed by atoms with Crippen molar-refractivity contribution in [2.24, 2.45) is 23.7 Å². The largest absolute Gasteiger partial charge is 0.453 e. The molecule has 8 nitrogen and oxygen atoms in total. The Hall–Kier alpha value is -3.85. The lowest BCUT2D eigenvalue weighted by molar-refractivity contribution is -0.141. The molecule has 2 aromatic carbocycles. The number of aromatic nitrogens is 1. The lowest BCUT2D eigenvalue weighted by Crippen LogP contribution is -2.28. The van der Waals surface area contributed by atoms with E-state index in [1.54, 1.807) is 26.0 Å². The van der Waals surface area contributed by atoms with Gasteiger partial charge >= 0.3 is 11.9 Å². The average Bonchev–Trinajstić information content (AvgIpc) is 3.77. The van der Waals surface area contributed by atoms with Gasteiger partial charge in [-0.3, -0.25) is 19.2 Å². The quantitative estimate of drug-likeness (QED) is 0.133. The second-order valence-electron chi connectivity index (χ2n) is 14.6. The van der Waals surface area contributed by atoms with E-state index < -0.39 is 0 Å². The predicted octanol–water partition coefficient (Wildman–Crippen LogP) is 9.67. The maximum Gasteiger partial charge on any atom is 0.314 e. The molecular weight excluding hydrogens is 639 g/mol. The molecule has 3 aliphatic carbocycles. The number of furan rings is 1. The van der Waals surface area contributed by atoms with E-state index >= 15 is 0 Å². The number of carbonyl (C=O) groups is 4. The highest BCUT2D eigenvalue weighted by Gasteiger charge is 2.33. The summed E-state index contributed by atoms with van der Waals surface area (Å²) in [4.78, 5) is 55.5. The Morgan fingerprint density at radius 3 is 1.86 bits per heavy atom. The zero-order valence-corrected chi connectivity index (χ0v) is 29.5. The van der Waals surface area contributed by atoms with Crippen molar-refractivity contribution in [1.82, 2.24) is 4.98 Å². The van der Waals surface area contributed by atoms with Crippen LogP contribution in [-0.4, -0.2) is 28.5 Å². The van der Waals surface area contributed by atoms with Gasteiger partial charge in [-0.05, 0) is 120 Å². The molecule has 4 aromatic rings. The summed E-state index contributed by atoms with van der Waals surface area (Å²) >= 11 is 1.36. The fourth-order valence-electron chi connectivity index (χ4n) is 8.20. The summed E-state index contributed by atoms with van der Waals surface area (Å²) < 4.78 is 19.3. The molecule has 258 valence electrons. The van der Waals surface area contributed by atoms with E-state index in [2.05, 4.69) is 19.1 Å². The molecule has 0 N–H and O–H groups in total. The lowest BCUT2D eigenvalue weighted by atomic mass is 9.80. The molecule has 0 atom stereocenters. The molecule has 0 bridgehead atoms. The van der Waals surface area contributed by atoms with E-state index in [-0.39, 0.29) is 47.2 Å². The number of hydrogen-bond acceptors (Lipinski definition) is 9. The van der Waals surface area contributed by atoms with Crippen LogP contribution in [-0.2, 0) is 19.2 Å². The number of ether oxygens (including phenoxy) is 2. The number of fused-ring (bicyclic) bond motifs is 2. The first-order valence-electron chi connectivity index (χ1n) is 18.1. The zero-order chi connectivity index (χ0) is 34.2. The number of hydrogen-bond donors (Lipinski definition) is 0. The average molecular weight is 684 g/mol. The minimum absolute atomic E-state index is 0.00871. The number of thiazole rings is 1. The first-order chi connectivity index (χ1) is 23.7. The maximum absolute atomic E-state index is 13.4. The van der Waals surface area contributed by atoms with Crippen molar-refractivity contribution in [1.29, 1.82) is 0 Å². The van der Waals surface area contributed by atoms with Crippen molar-refractivity contribution in [2.75, 3.05) is 0 Å². The second kappa shape index (κ2) is 14.2. The van der Waals surface area contributed by atoms with Gasteiger partial charge in [-0.2, -0.15) is 0 Å². The van der Waals surface area contributed by atoms with Crippen molar-refractivity contribution in [2.45, 2.75) is 110 Å². The third kappa shape index (κ3) is 6.96. The molecule has 3 saturated carbocycles. The molecule has 9 heteroatoms. The summed E-state index contributed by atoms with van der Waals surface area (Å²) in [6, 6.07) is 9.77. The van der Waals surface area contributed by atoms with E-state index in [1.807, 2.05) is 6.07 Å². The summed E-state index contributed by atoms with van der Waals surface area (Å²) in [5, 5.41) is 1.68. The van der Waals surface area contributed by atoms with E-state index in [9.17, 15) is 19.2 Å². The van der Waals surface area contributed by atoms with Crippen LogP contribution in [0, 0.1) is 30.6 Å². The van der Waals surface area contributed by atoms with Crippen LogP contribution in [0.25, 0.3) is 32.0 Å². The van der Waals surface area contributed by atoms with Gasteiger partial charge in [0.05, 0.1) is 11.8 Å². The van der Waals surface area contributed by atoms with Crippen LogP contribution in [0.3, 0.4) is 0 Å². The van der Waals surface area contributed by atoms with Crippen molar-refractivity contribution >= 4 is 56.0 Å². The monoisotopic (exact) mass is 683 g/mol. The molecule has 0 unspecified atom stereocenters. The Morgan fingerprint density at radius 1 is 0.714 bits per heavy atom. The highest BCUT2D eigenvalue weighted by molar-refractivity contribution is 7.22. The van der Waals surface area contributed by atoms with Crippen LogP contribution in [0.2, 0.25) is 0 Å². The summed E-state index contributed by atoms with van der Waals surface area (Å²) in [5.41, 5.74) is 3.73. The minimum Gasteiger partial charge on any atom is -0.453 e. The molecule has 0 amide bonds. The molecule has 0 aliphatic heterocycles. The van der Waals surface area contributed by atoms with Crippen LogP contribution in [0.4, 0.5) is 0 Å². The van der Waals surface area contributed by atoms with Crippen LogP contribution in [0.1, 0.15) is 114 Å². The highest BCUT2D eigenvalue weighted by atomic mass is 32.1. The van der Waals surface area contributed by atoms with Gasteiger partial charge in [0.2, 0.25) is 0 Å². The van der Waals surface area contributed by atoms with Crippen LogP contribution in [0.5, 0.6) is 11.5 Å². The first-order valence-corrected chi connectivity index (χ1v) is 18.9. The van der Waals surface area contributed by atoms with Crippen LogP contribution >= 0.6 is 11.3 Å². The van der Waals surface area contributed by atoms with Crippen LogP contribution < -0.4 is 9.47 Å². The summed E-state index contributed by atoms with van der Waals surface area (Å²) in [7, 11) is 0. The van der Waals surface area contributed by atoms with E-state index in [0.717, 1.165) is 29.4 Å². The summed E-state index contributed by atoms with van der Waals surface area (Å²) in [6.07, 6.45) is 11.2. The third-order valence-corrected chi connectivity index (χ3v) is 12.4. The van der Waals surface area contributed by atoms with Gasteiger partial charge in [-0.25, -0.2) is 4.98 Å². The number of ketones is 2. The Kier molecular flexibility index (Phi) is 9.73. The fourth-order valence-corrected chi connectivity index (χ4v) is 9.19. The number of esters is 2. The smallest absolute Gasteiger partial charge is 0.314 e. The van der Waals surface area contributed by atoms with Crippen molar-refractivity contribution < 1.29 is 33.1 Å². The van der Waals surface area contributed by atoms with Gasteiger partial charge in [-0.15, -0.1) is 11.3 Å². The number of carbonyl (C=O) groups excluding carboxylic acids is 4. The Labute approximate surface area is 290 Å². The molecule has 49 heavy (non-hydrogen) atoms. The SMILES string of the molecule is CC(=O)C1CCC(C(=O)Oc2ccc(OC(=O)C3CCC(C(C)=O)CC3)c3sc(-c4cc5c(C)ccc(C6CCCCC6)c5o4)nc23)CC1. The van der Waals surface area contributed by atoms with E-state index in [1.165, 1.54) is 36.2 Å². The molecule has 7 rings (SSSR count). The Bertz CT molecular complexity index is 1810. The molecule has 0 spiro atoms. The number of nitrogens with zero attached hydrogens (tertiary/aromatic N) is 1. The topological polar surface area (TPSA) is 113 Å². The number of Topliss-reactive ketones (excluding diaryl/α,β-unsaturated/α-hetero) is 2. The van der Waals surface area contributed by atoms with Gasteiger partial charge in [0.1, 0.15) is 27.4 Å². The lowest BCUT2D eigenvalue weighted by Gasteiger charge is -2.25. The number of aryl methyl sites for hydroxylation is 1. The summed E-state index contributed by atoms with van der Waals surface area (Å²) in [5.74, 6) is 0.931. The molecular formula is C40H45NO7S.